The number of alkyl halides is 1. The Balaban J connectivity index is 1.75. The number of hydrogen-bond acceptors (Lipinski definition) is 4. The second-order valence-corrected chi connectivity index (χ2v) is 7.29. The third kappa shape index (κ3) is 5.40. The quantitative estimate of drug-likeness (QED) is 0.485. The van der Waals surface area contributed by atoms with Crippen LogP contribution < -0.4 is 14.8 Å². The third-order valence-electron chi connectivity index (χ3n) is 4.26. The van der Waals surface area contributed by atoms with Gasteiger partial charge in [0.15, 0.2) is 5.75 Å². The largest absolute Gasteiger partial charge is 0.497 e. The van der Waals surface area contributed by atoms with Gasteiger partial charge >= 0.3 is 0 Å². The molecule has 1 heterocycles. The number of aromatic nitrogens is 1. The first-order valence-corrected chi connectivity index (χ1v) is 9.78. The Kier molecular flexibility index (Phi) is 7.13. The van der Waals surface area contributed by atoms with Crippen LogP contribution in [0.5, 0.6) is 17.2 Å². The molecule has 2 aromatic carbocycles. The normalized spacial score (nSPS) is 11.6. The molecule has 0 saturated carbocycles. The van der Waals surface area contributed by atoms with E-state index in [1.54, 1.807) is 50.4 Å². The SMILES string of the molecule is COc1cccc(Oc2cnc(C)cc2C(=O)NCC(F)c2ccc(Cl)cc2Cl)c1. The van der Waals surface area contributed by atoms with E-state index in [-0.39, 0.29) is 28.4 Å². The number of nitrogens with zero attached hydrogens (tertiary/aromatic N) is 1. The van der Waals surface area contributed by atoms with Gasteiger partial charge in [-0.05, 0) is 37.3 Å². The monoisotopic (exact) mass is 448 g/mol. The molecule has 0 spiro atoms. The van der Waals surface area contributed by atoms with Gasteiger partial charge in [-0.1, -0.05) is 35.3 Å². The number of methoxy groups -OCH3 is 1. The highest BCUT2D eigenvalue weighted by Crippen LogP contribution is 2.30. The third-order valence-corrected chi connectivity index (χ3v) is 4.82. The number of pyridine rings is 1. The highest BCUT2D eigenvalue weighted by atomic mass is 35.5. The fraction of sp³-hybridized carbons (Fsp3) is 0.182. The summed E-state index contributed by atoms with van der Waals surface area (Å²) in [7, 11) is 1.55. The first kappa shape index (κ1) is 21.9. The van der Waals surface area contributed by atoms with Gasteiger partial charge in [-0.2, -0.15) is 0 Å². The molecule has 1 amide bonds. The van der Waals surface area contributed by atoms with Gasteiger partial charge in [0, 0.05) is 27.4 Å². The first-order valence-electron chi connectivity index (χ1n) is 9.03. The van der Waals surface area contributed by atoms with Crippen molar-refractivity contribution in [2.45, 2.75) is 13.1 Å². The molecule has 30 heavy (non-hydrogen) atoms. The minimum absolute atomic E-state index is 0.200. The van der Waals surface area contributed by atoms with Gasteiger partial charge in [-0.25, -0.2) is 4.39 Å². The van der Waals surface area contributed by atoms with Crippen molar-refractivity contribution >= 4 is 29.1 Å². The van der Waals surface area contributed by atoms with Crippen molar-refractivity contribution in [1.29, 1.82) is 0 Å². The van der Waals surface area contributed by atoms with Crippen molar-refractivity contribution in [2.24, 2.45) is 0 Å². The van der Waals surface area contributed by atoms with E-state index < -0.39 is 12.1 Å². The molecule has 0 aliphatic carbocycles. The van der Waals surface area contributed by atoms with Crippen LogP contribution >= 0.6 is 23.2 Å². The standard InChI is InChI=1S/C22H19Cl2FN2O3/c1-13-8-18(21(12-26-13)30-16-5-3-4-15(10-16)29-2)22(28)27-11-20(25)17-7-6-14(23)9-19(17)24/h3-10,12,20H,11H2,1-2H3,(H,27,28). The van der Waals surface area contributed by atoms with Gasteiger partial charge in [-0.3, -0.25) is 9.78 Å². The summed E-state index contributed by atoms with van der Waals surface area (Å²) in [5, 5.41) is 3.19. The second-order valence-electron chi connectivity index (χ2n) is 6.45. The van der Waals surface area contributed by atoms with Crippen LogP contribution in [0.1, 0.15) is 27.8 Å². The number of ether oxygens (including phenoxy) is 2. The number of benzene rings is 2. The predicted molar refractivity (Wildman–Crippen MR) is 115 cm³/mol. The predicted octanol–water partition coefficient (Wildman–Crippen LogP) is 5.94. The average molecular weight is 449 g/mol. The van der Waals surface area contributed by atoms with Crippen LogP contribution in [0.3, 0.4) is 0 Å². The van der Waals surface area contributed by atoms with Crippen LogP contribution in [0, 0.1) is 6.92 Å². The lowest BCUT2D eigenvalue weighted by molar-refractivity contribution is 0.0939. The number of rotatable bonds is 7. The molecule has 0 aliphatic heterocycles. The maximum Gasteiger partial charge on any atom is 0.255 e. The van der Waals surface area contributed by atoms with E-state index in [0.717, 1.165) is 0 Å². The second kappa shape index (κ2) is 9.78. The summed E-state index contributed by atoms with van der Waals surface area (Å²) in [6.07, 6.45) is -0.0448. The molecule has 3 aromatic rings. The van der Waals surface area contributed by atoms with Gasteiger partial charge in [0.2, 0.25) is 0 Å². The molecule has 5 nitrogen and oxygen atoms in total. The molecule has 0 saturated heterocycles. The molecular formula is C22H19Cl2FN2O3. The van der Waals surface area contributed by atoms with Gasteiger partial charge in [0.25, 0.3) is 5.91 Å². The number of aryl methyl sites for hydroxylation is 1. The van der Waals surface area contributed by atoms with E-state index in [1.807, 2.05) is 0 Å². The van der Waals surface area contributed by atoms with Crippen molar-refractivity contribution in [3.05, 3.63) is 81.6 Å². The number of hydrogen-bond donors (Lipinski definition) is 1. The highest BCUT2D eigenvalue weighted by molar-refractivity contribution is 6.35. The Bertz CT molecular complexity index is 1060. The Morgan fingerprint density at radius 2 is 1.93 bits per heavy atom. The summed E-state index contributed by atoms with van der Waals surface area (Å²) in [6.45, 7) is 1.48. The minimum atomic E-state index is -1.50. The van der Waals surface area contributed by atoms with Crippen LogP contribution in [-0.4, -0.2) is 24.5 Å². The average Bonchev–Trinajstić information content (AvgIpc) is 2.73. The van der Waals surface area contributed by atoms with Crippen LogP contribution in [0.25, 0.3) is 0 Å². The van der Waals surface area contributed by atoms with E-state index >= 15 is 0 Å². The molecule has 8 heteroatoms. The fourth-order valence-corrected chi connectivity index (χ4v) is 3.27. The maximum atomic E-state index is 14.6. The lowest BCUT2D eigenvalue weighted by Gasteiger charge is -2.14. The van der Waals surface area contributed by atoms with Crippen LogP contribution in [0.2, 0.25) is 10.0 Å². The van der Waals surface area contributed by atoms with E-state index in [2.05, 4.69) is 10.3 Å². The molecule has 0 bridgehead atoms. The van der Waals surface area contributed by atoms with Crippen molar-refractivity contribution in [1.82, 2.24) is 10.3 Å². The topological polar surface area (TPSA) is 60.5 Å². The van der Waals surface area contributed by atoms with Gasteiger partial charge < -0.3 is 14.8 Å². The summed E-state index contributed by atoms with van der Waals surface area (Å²) >= 11 is 11.9. The van der Waals surface area contributed by atoms with Crippen molar-refractivity contribution in [3.8, 4) is 17.2 Å². The molecule has 1 unspecified atom stereocenters. The number of nitrogens with one attached hydrogen (secondary N) is 1. The van der Waals surface area contributed by atoms with Crippen LogP contribution in [0.15, 0.2) is 54.7 Å². The van der Waals surface area contributed by atoms with Crippen molar-refractivity contribution in [3.63, 3.8) is 0 Å². The number of carbonyl (C=O) groups is 1. The number of halogens is 3. The number of amides is 1. The zero-order valence-electron chi connectivity index (χ0n) is 16.3. The Morgan fingerprint density at radius 3 is 2.67 bits per heavy atom. The molecule has 1 aromatic heterocycles. The zero-order chi connectivity index (χ0) is 21.7. The minimum Gasteiger partial charge on any atom is -0.497 e. The summed E-state index contributed by atoms with van der Waals surface area (Å²) < 4.78 is 25.6. The van der Waals surface area contributed by atoms with E-state index in [9.17, 15) is 9.18 Å². The molecule has 1 atom stereocenters. The smallest absolute Gasteiger partial charge is 0.255 e. The summed E-state index contributed by atoms with van der Waals surface area (Å²) in [4.78, 5) is 16.9. The van der Waals surface area contributed by atoms with Crippen molar-refractivity contribution in [2.75, 3.05) is 13.7 Å². The lowest BCUT2D eigenvalue weighted by Crippen LogP contribution is -2.27. The van der Waals surface area contributed by atoms with E-state index in [0.29, 0.717) is 22.2 Å². The highest BCUT2D eigenvalue weighted by Gasteiger charge is 2.19. The fourth-order valence-electron chi connectivity index (χ4n) is 2.74. The first-order chi connectivity index (χ1) is 14.4. The Morgan fingerprint density at radius 1 is 1.17 bits per heavy atom. The molecule has 1 N–H and O–H groups in total. The van der Waals surface area contributed by atoms with Gasteiger partial charge in [0.05, 0.1) is 25.4 Å². The lowest BCUT2D eigenvalue weighted by atomic mass is 10.1. The van der Waals surface area contributed by atoms with Gasteiger partial charge in [-0.15, -0.1) is 0 Å². The molecule has 0 fully saturated rings. The molecule has 3 rings (SSSR count). The Hall–Kier alpha value is -2.83. The summed E-state index contributed by atoms with van der Waals surface area (Å²) in [5.41, 5.74) is 1.11. The number of carbonyl (C=O) groups excluding carboxylic acids is 1. The summed E-state index contributed by atoms with van der Waals surface area (Å²) in [6, 6.07) is 13.0. The van der Waals surface area contributed by atoms with Gasteiger partial charge in [0.1, 0.15) is 17.7 Å². The zero-order valence-corrected chi connectivity index (χ0v) is 17.8. The van der Waals surface area contributed by atoms with Crippen molar-refractivity contribution < 1.29 is 18.7 Å². The van der Waals surface area contributed by atoms with E-state index in [1.165, 1.54) is 18.3 Å². The molecular weight excluding hydrogens is 430 g/mol. The molecule has 156 valence electrons. The van der Waals surface area contributed by atoms with E-state index in [4.69, 9.17) is 32.7 Å². The molecule has 0 radical (unpaired) electrons. The van der Waals surface area contributed by atoms with Crippen LogP contribution in [0.4, 0.5) is 4.39 Å². The summed E-state index contributed by atoms with van der Waals surface area (Å²) in [5.74, 6) is 0.835. The Labute approximate surface area is 183 Å². The van der Waals surface area contributed by atoms with Crippen LogP contribution in [-0.2, 0) is 0 Å². The molecule has 0 aliphatic rings. The maximum absolute atomic E-state index is 14.6.